The van der Waals surface area contributed by atoms with Gasteiger partial charge in [0.1, 0.15) is 0 Å². The van der Waals surface area contributed by atoms with Gasteiger partial charge in [0.15, 0.2) is 5.54 Å². The fourth-order valence-electron chi connectivity index (χ4n) is 3.42. The number of fused-ring (bicyclic) bond motifs is 1. The number of para-hydroxylation sites is 1. The van der Waals surface area contributed by atoms with Crippen LogP contribution < -0.4 is 0 Å². The summed E-state index contributed by atoms with van der Waals surface area (Å²) in [5, 5.41) is 1.11. The third kappa shape index (κ3) is 3.69. The Bertz CT molecular complexity index is 996. The van der Waals surface area contributed by atoms with Gasteiger partial charge in [-0.2, -0.15) is 0 Å². The molecule has 0 aliphatic heterocycles. The van der Waals surface area contributed by atoms with Crippen LogP contribution in [0.3, 0.4) is 0 Å². The number of amides is 1. The Labute approximate surface area is 172 Å². The number of nitrogens with one attached hydrogen (secondary N) is 1. The lowest BCUT2D eigenvalue weighted by Crippen LogP contribution is -2.51. The molecule has 1 atom stereocenters. The molecular weight excluding hydrogens is 420 g/mol. The average Bonchev–Trinajstić information content (AvgIpc) is 3.13. The lowest BCUT2D eigenvalue weighted by molar-refractivity contribution is -0.160. The number of methoxy groups -OCH3 is 1. The highest BCUT2D eigenvalue weighted by Gasteiger charge is 2.42. The molecule has 0 radical (unpaired) electrons. The summed E-state index contributed by atoms with van der Waals surface area (Å²) >= 11 is 3.40. The molecule has 1 aromatic heterocycles. The second kappa shape index (κ2) is 8.19. The zero-order chi connectivity index (χ0) is 20.3. The van der Waals surface area contributed by atoms with Crippen molar-refractivity contribution in [3.63, 3.8) is 0 Å². The highest BCUT2D eigenvalue weighted by Crippen LogP contribution is 2.31. The number of aromatic nitrogens is 1. The van der Waals surface area contributed by atoms with Crippen LogP contribution in [-0.2, 0) is 26.3 Å². The van der Waals surface area contributed by atoms with Crippen molar-refractivity contribution in [3.8, 4) is 0 Å². The van der Waals surface area contributed by atoms with E-state index in [0.29, 0.717) is 18.4 Å². The summed E-state index contributed by atoms with van der Waals surface area (Å²) in [4.78, 5) is 30.3. The fraction of sp³-hybridized carbons (Fsp3) is 0.273. The van der Waals surface area contributed by atoms with E-state index >= 15 is 0 Å². The zero-order valence-corrected chi connectivity index (χ0v) is 17.7. The Morgan fingerprint density at radius 3 is 2.50 bits per heavy atom. The van der Waals surface area contributed by atoms with Crippen molar-refractivity contribution < 1.29 is 14.3 Å². The molecule has 1 heterocycles. The first-order valence-electron chi connectivity index (χ1n) is 9.04. The summed E-state index contributed by atoms with van der Waals surface area (Å²) in [6.45, 7) is 1.71. The first-order chi connectivity index (χ1) is 13.4. The first kappa shape index (κ1) is 20.1. The predicted molar refractivity (Wildman–Crippen MR) is 113 cm³/mol. The van der Waals surface area contributed by atoms with Gasteiger partial charge in [-0.1, -0.05) is 46.3 Å². The van der Waals surface area contributed by atoms with Gasteiger partial charge in [-0.3, -0.25) is 4.79 Å². The number of esters is 1. The maximum atomic E-state index is 13.0. The maximum absolute atomic E-state index is 13.0. The van der Waals surface area contributed by atoms with Crippen molar-refractivity contribution in [2.75, 3.05) is 14.2 Å². The summed E-state index contributed by atoms with van der Waals surface area (Å²) in [5.74, 6) is -0.598. The number of halogens is 1. The van der Waals surface area contributed by atoms with Gasteiger partial charge in [0.2, 0.25) is 5.91 Å². The van der Waals surface area contributed by atoms with E-state index in [2.05, 4.69) is 20.9 Å². The molecule has 0 saturated carbocycles. The molecule has 3 rings (SSSR count). The molecule has 28 heavy (non-hydrogen) atoms. The van der Waals surface area contributed by atoms with Gasteiger partial charge >= 0.3 is 5.97 Å². The van der Waals surface area contributed by atoms with Gasteiger partial charge in [0.05, 0.1) is 7.11 Å². The number of hydrogen-bond donors (Lipinski definition) is 1. The summed E-state index contributed by atoms with van der Waals surface area (Å²) in [5.41, 5.74) is 1.63. The van der Waals surface area contributed by atoms with Crippen LogP contribution in [0.15, 0.2) is 59.2 Å². The number of H-pyrrole nitrogens is 1. The second-order valence-corrected chi connectivity index (χ2v) is 7.80. The normalized spacial score (nSPS) is 13.1. The Morgan fingerprint density at radius 2 is 1.82 bits per heavy atom. The lowest BCUT2D eigenvalue weighted by atomic mass is 9.90. The molecule has 5 nitrogen and oxygen atoms in total. The number of aromatic amines is 1. The number of benzene rings is 2. The van der Waals surface area contributed by atoms with Gasteiger partial charge in [-0.25, -0.2) is 4.79 Å². The van der Waals surface area contributed by atoms with Crippen LogP contribution in [0.1, 0.15) is 24.5 Å². The van der Waals surface area contributed by atoms with E-state index in [1.54, 1.807) is 14.0 Å². The molecule has 0 unspecified atom stereocenters. The van der Waals surface area contributed by atoms with Crippen molar-refractivity contribution >= 4 is 38.7 Å². The molecular formula is C22H23BrN2O3. The monoisotopic (exact) mass is 442 g/mol. The van der Waals surface area contributed by atoms with Gasteiger partial charge in [-0.15, -0.1) is 0 Å². The van der Waals surface area contributed by atoms with Gasteiger partial charge in [0, 0.05) is 35.0 Å². The fourth-order valence-corrected chi connectivity index (χ4v) is 3.68. The molecule has 0 aliphatic rings. The number of ether oxygens (including phenoxy) is 1. The van der Waals surface area contributed by atoms with Crippen molar-refractivity contribution in [1.82, 2.24) is 9.88 Å². The summed E-state index contributed by atoms with van der Waals surface area (Å²) in [6, 6.07) is 15.3. The third-order valence-electron chi connectivity index (χ3n) is 5.32. The van der Waals surface area contributed by atoms with Gasteiger partial charge < -0.3 is 14.6 Å². The molecule has 146 valence electrons. The van der Waals surface area contributed by atoms with E-state index in [0.717, 1.165) is 20.9 Å². The van der Waals surface area contributed by atoms with E-state index in [-0.39, 0.29) is 5.91 Å². The van der Waals surface area contributed by atoms with Gasteiger partial charge in [0.25, 0.3) is 0 Å². The van der Waals surface area contributed by atoms with E-state index in [9.17, 15) is 9.59 Å². The van der Waals surface area contributed by atoms with E-state index in [1.165, 1.54) is 12.0 Å². The van der Waals surface area contributed by atoms with Crippen LogP contribution in [0.5, 0.6) is 0 Å². The van der Waals surface area contributed by atoms with Crippen molar-refractivity contribution in [3.05, 3.63) is 70.3 Å². The minimum Gasteiger partial charge on any atom is -0.467 e. The minimum atomic E-state index is -1.20. The number of aryl methyl sites for hydroxylation is 1. The molecule has 3 aromatic rings. The Kier molecular flexibility index (Phi) is 5.89. The number of rotatable bonds is 6. The SMILES string of the molecule is COC(=O)[C@](C)(c1ccc(Br)cc1)N(C)C(=O)CCc1c[nH]c2ccccc12. The van der Waals surface area contributed by atoms with Crippen LogP contribution >= 0.6 is 15.9 Å². The van der Waals surface area contributed by atoms with E-state index in [4.69, 9.17) is 4.74 Å². The number of nitrogens with zero attached hydrogens (tertiary/aromatic N) is 1. The first-order valence-corrected chi connectivity index (χ1v) is 9.83. The van der Waals surface area contributed by atoms with Crippen LogP contribution in [-0.4, -0.2) is 35.9 Å². The van der Waals surface area contributed by atoms with Crippen LogP contribution in [0.2, 0.25) is 0 Å². The van der Waals surface area contributed by atoms with E-state index < -0.39 is 11.5 Å². The standard InChI is InChI=1S/C22H23BrN2O3/c1-22(21(27)28-3,16-9-11-17(23)12-10-16)25(2)20(26)13-8-15-14-24-19-7-5-4-6-18(15)19/h4-7,9-12,14,24H,8,13H2,1-3H3/t22-/m0/s1. The minimum absolute atomic E-state index is 0.124. The summed E-state index contributed by atoms with van der Waals surface area (Å²) < 4.78 is 5.93. The van der Waals surface area contributed by atoms with Gasteiger partial charge in [-0.05, 0) is 42.7 Å². The van der Waals surface area contributed by atoms with Crippen molar-refractivity contribution in [2.24, 2.45) is 0 Å². The smallest absolute Gasteiger partial charge is 0.336 e. The Hall–Kier alpha value is -2.60. The quantitative estimate of drug-likeness (QED) is 0.575. The number of carbonyl (C=O) groups excluding carboxylic acids is 2. The molecule has 0 saturated heterocycles. The molecule has 1 amide bonds. The molecule has 0 spiro atoms. The molecule has 0 fully saturated rings. The number of likely N-dealkylation sites (N-methyl/N-ethyl adjacent to an activating group) is 1. The molecule has 0 bridgehead atoms. The Morgan fingerprint density at radius 1 is 1.14 bits per heavy atom. The number of hydrogen-bond acceptors (Lipinski definition) is 3. The highest BCUT2D eigenvalue weighted by atomic mass is 79.9. The van der Waals surface area contributed by atoms with Crippen LogP contribution in [0, 0.1) is 0 Å². The maximum Gasteiger partial charge on any atom is 0.336 e. The summed E-state index contributed by atoms with van der Waals surface area (Å²) in [7, 11) is 2.99. The van der Waals surface area contributed by atoms with Crippen molar-refractivity contribution in [1.29, 1.82) is 0 Å². The van der Waals surface area contributed by atoms with Crippen LogP contribution in [0.25, 0.3) is 10.9 Å². The molecule has 1 N–H and O–H groups in total. The number of carbonyl (C=O) groups is 2. The Balaban J connectivity index is 1.82. The molecule has 0 aliphatic carbocycles. The largest absolute Gasteiger partial charge is 0.467 e. The second-order valence-electron chi connectivity index (χ2n) is 6.88. The lowest BCUT2D eigenvalue weighted by Gasteiger charge is -2.36. The zero-order valence-electron chi connectivity index (χ0n) is 16.2. The third-order valence-corrected chi connectivity index (χ3v) is 5.85. The van der Waals surface area contributed by atoms with Crippen molar-refractivity contribution in [2.45, 2.75) is 25.3 Å². The topological polar surface area (TPSA) is 62.4 Å². The predicted octanol–water partition coefficient (Wildman–Crippen LogP) is 4.41. The summed E-state index contributed by atoms with van der Waals surface area (Å²) in [6.07, 6.45) is 2.82. The molecule has 6 heteroatoms. The van der Waals surface area contributed by atoms with Crippen LogP contribution in [0.4, 0.5) is 0 Å². The molecule has 2 aromatic carbocycles. The average molecular weight is 443 g/mol. The van der Waals surface area contributed by atoms with E-state index in [1.807, 2.05) is 54.7 Å². The highest BCUT2D eigenvalue weighted by molar-refractivity contribution is 9.10.